The van der Waals surface area contributed by atoms with Crippen molar-refractivity contribution in [1.82, 2.24) is 5.32 Å². The molecule has 7 nitrogen and oxygen atoms in total. The van der Waals surface area contributed by atoms with Gasteiger partial charge >= 0.3 is 12.0 Å². The van der Waals surface area contributed by atoms with Gasteiger partial charge in [0.1, 0.15) is 5.75 Å². The van der Waals surface area contributed by atoms with Gasteiger partial charge in [-0.15, -0.1) is 0 Å². The van der Waals surface area contributed by atoms with Crippen molar-refractivity contribution >= 4 is 17.7 Å². The third kappa shape index (κ3) is 6.15. The molecule has 1 aromatic rings. The van der Waals surface area contributed by atoms with Gasteiger partial charge in [-0.3, -0.25) is 0 Å². The molecule has 0 fully saturated rings. The van der Waals surface area contributed by atoms with Crippen molar-refractivity contribution < 1.29 is 23.8 Å². The zero-order valence-corrected chi connectivity index (χ0v) is 14.1. The second-order valence-corrected chi connectivity index (χ2v) is 5.32. The SMILES string of the molecule is COC[C@@H](C)NC(=O)Nc1cc(C(=O)OC)ccc1OC(C)C. The molecule has 0 aliphatic rings. The summed E-state index contributed by atoms with van der Waals surface area (Å²) in [5, 5.41) is 5.41. The molecule has 7 heteroatoms. The van der Waals surface area contributed by atoms with E-state index in [1.54, 1.807) is 19.2 Å². The van der Waals surface area contributed by atoms with Crippen LogP contribution in [0.25, 0.3) is 0 Å². The Morgan fingerprint density at radius 1 is 1.17 bits per heavy atom. The van der Waals surface area contributed by atoms with E-state index in [4.69, 9.17) is 9.47 Å². The van der Waals surface area contributed by atoms with Crippen LogP contribution in [-0.2, 0) is 9.47 Å². The first-order chi connectivity index (χ1) is 10.9. The topological polar surface area (TPSA) is 85.9 Å². The summed E-state index contributed by atoms with van der Waals surface area (Å²) in [6, 6.07) is 4.16. The number of urea groups is 1. The van der Waals surface area contributed by atoms with Gasteiger partial charge in [0.05, 0.1) is 37.1 Å². The first-order valence-electron chi connectivity index (χ1n) is 7.32. The highest BCUT2D eigenvalue weighted by atomic mass is 16.5. The Kier molecular flexibility index (Phi) is 7.34. The summed E-state index contributed by atoms with van der Waals surface area (Å²) >= 11 is 0. The molecular formula is C16H24N2O5. The summed E-state index contributed by atoms with van der Waals surface area (Å²) in [5.74, 6) is -0.0143. The van der Waals surface area contributed by atoms with E-state index in [9.17, 15) is 9.59 Å². The van der Waals surface area contributed by atoms with Crippen molar-refractivity contribution in [2.24, 2.45) is 0 Å². The third-order valence-corrected chi connectivity index (χ3v) is 2.81. The van der Waals surface area contributed by atoms with E-state index in [1.165, 1.54) is 13.2 Å². The van der Waals surface area contributed by atoms with Crippen LogP contribution in [-0.4, -0.2) is 45.0 Å². The van der Waals surface area contributed by atoms with Crippen molar-refractivity contribution in [3.63, 3.8) is 0 Å². The molecule has 0 heterocycles. The van der Waals surface area contributed by atoms with Gasteiger partial charge in [-0.1, -0.05) is 0 Å². The maximum absolute atomic E-state index is 12.0. The number of hydrogen-bond acceptors (Lipinski definition) is 5. The van der Waals surface area contributed by atoms with Crippen LogP contribution < -0.4 is 15.4 Å². The van der Waals surface area contributed by atoms with E-state index in [2.05, 4.69) is 15.4 Å². The Hall–Kier alpha value is -2.28. The molecule has 0 aliphatic heterocycles. The highest BCUT2D eigenvalue weighted by Crippen LogP contribution is 2.27. The minimum atomic E-state index is -0.489. The summed E-state index contributed by atoms with van der Waals surface area (Å²) in [4.78, 5) is 23.7. The molecule has 0 radical (unpaired) electrons. The minimum absolute atomic E-state index is 0.0741. The van der Waals surface area contributed by atoms with E-state index in [-0.39, 0.29) is 12.1 Å². The first kappa shape index (κ1) is 18.8. The zero-order chi connectivity index (χ0) is 17.4. The molecule has 1 aromatic carbocycles. The van der Waals surface area contributed by atoms with Crippen molar-refractivity contribution in [2.45, 2.75) is 32.9 Å². The molecule has 0 bridgehead atoms. The quantitative estimate of drug-likeness (QED) is 0.752. The average Bonchev–Trinajstić information content (AvgIpc) is 2.47. The summed E-state index contributed by atoms with van der Waals surface area (Å²) < 4.78 is 15.3. The van der Waals surface area contributed by atoms with E-state index < -0.39 is 12.0 Å². The molecule has 23 heavy (non-hydrogen) atoms. The summed E-state index contributed by atoms with van der Waals surface area (Å²) in [5.41, 5.74) is 0.715. The van der Waals surface area contributed by atoms with Crippen LogP contribution in [0, 0.1) is 0 Å². The van der Waals surface area contributed by atoms with Gasteiger partial charge in [-0.25, -0.2) is 9.59 Å². The van der Waals surface area contributed by atoms with E-state index in [0.717, 1.165) is 0 Å². The average molecular weight is 324 g/mol. The molecule has 128 valence electrons. The van der Waals surface area contributed by atoms with Gasteiger partial charge in [0.2, 0.25) is 0 Å². The number of amides is 2. The lowest BCUT2D eigenvalue weighted by molar-refractivity contribution is 0.0600. The lowest BCUT2D eigenvalue weighted by Crippen LogP contribution is -2.38. The van der Waals surface area contributed by atoms with Crippen molar-refractivity contribution in [3.8, 4) is 5.75 Å². The summed E-state index contributed by atoms with van der Waals surface area (Å²) in [7, 11) is 2.86. The number of rotatable bonds is 7. The largest absolute Gasteiger partial charge is 0.489 e. The number of hydrogen-bond donors (Lipinski definition) is 2. The lowest BCUT2D eigenvalue weighted by Gasteiger charge is -2.18. The Bertz CT molecular complexity index is 545. The number of nitrogens with one attached hydrogen (secondary N) is 2. The Morgan fingerprint density at radius 2 is 1.87 bits per heavy atom. The monoisotopic (exact) mass is 324 g/mol. The Morgan fingerprint density at radius 3 is 2.43 bits per heavy atom. The van der Waals surface area contributed by atoms with Gasteiger partial charge in [0, 0.05) is 7.11 Å². The van der Waals surface area contributed by atoms with Gasteiger partial charge in [-0.2, -0.15) is 0 Å². The fourth-order valence-electron chi connectivity index (χ4n) is 1.90. The number of ether oxygens (including phenoxy) is 3. The minimum Gasteiger partial charge on any atom is -0.489 e. The van der Waals surface area contributed by atoms with E-state index >= 15 is 0 Å². The summed E-state index contributed by atoms with van der Waals surface area (Å²) in [6.45, 7) is 5.96. The number of carbonyl (C=O) groups excluding carboxylic acids is 2. The second kappa shape index (κ2) is 8.99. The molecule has 0 aliphatic carbocycles. The lowest BCUT2D eigenvalue weighted by atomic mass is 10.2. The van der Waals surface area contributed by atoms with Crippen LogP contribution in [0.15, 0.2) is 18.2 Å². The first-order valence-corrected chi connectivity index (χ1v) is 7.32. The zero-order valence-electron chi connectivity index (χ0n) is 14.1. The molecule has 0 unspecified atom stereocenters. The molecule has 2 amide bonds. The highest BCUT2D eigenvalue weighted by molar-refractivity contribution is 5.95. The standard InChI is InChI=1S/C16H24N2O5/c1-10(2)23-14-7-6-12(15(19)22-5)8-13(14)18-16(20)17-11(3)9-21-4/h6-8,10-11H,9H2,1-5H3,(H2,17,18,20)/t11-/m1/s1. The molecule has 0 saturated heterocycles. The molecular weight excluding hydrogens is 300 g/mol. The smallest absolute Gasteiger partial charge is 0.337 e. The Labute approximate surface area is 136 Å². The van der Waals surface area contributed by atoms with Crippen molar-refractivity contribution in [1.29, 1.82) is 0 Å². The van der Waals surface area contributed by atoms with Gasteiger partial charge < -0.3 is 24.8 Å². The van der Waals surface area contributed by atoms with Crippen LogP contribution in [0.1, 0.15) is 31.1 Å². The Balaban J connectivity index is 2.95. The van der Waals surface area contributed by atoms with Crippen molar-refractivity contribution in [2.75, 3.05) is 26.1 Å². The number of anilines is 1. The number of methoxy groups -OCH3 is 2. The molecule has 2 N–H and O–H groups in total. The van der Waals surface area contributed by atoms with E-state index in [1.807, 2.05) is 20.8 Å². The molecule has 1 atom stereocenters. The van der Waals surface area contributed by atoms with Crippen LogP contribution in [0.3, 0.4) is 0 Å². The number of benzene rings is 1. The van der Waals surface area contributed by atoms with Crippen LogP contribution >= 0.6 is 0 Å². The predicted molar refractivity (Wildman–Crippen MR) is 87.0 cm³/mol. The third-order valence-electron chi connectivity index (χ3n) is 2.81. The van der Waals surface area contributed by atoms with Gasteiger partial charge in [-0.05, 0) is 39.0 Å². The highest BCUT2D eigenvalue weighted by Gasteiger charge is 2.15. The number of esters is 1. The molecule has 1 rings (SSSR count). The maximum Gasteiger partial charge on any atom is 0.337 e. The molecule has 0 spiro atoms. The van der Waals surface area contributed by atoms with Crippen molar-refractivity contribution in [3.05, 3.63) is 23.8 Å². The van der Waals surface area contributed by atoms with Gasteiger partial charge in [0.25, 0.3) is 0 Å². The van der Waals surface area contributed by atoms with Gasteiger partial charge in [0.15, 0.2) is 0 Å². The molecule has 0 saturated carbocycles. The van der Waals surface area contributed by atoms with Crippen LogP contribution in [0.2, 0.25) is 0 Å². The number of carbonyl (C=O) groups is 2. The maximum atomic E-state index is 12.0. The van der Waals surface area contributed by atoms with Crippen LogP contribution in [0.5, 0.6) is 5.75 Å². The fraction of sp³-hybridized carbons (Fsp3) is 0.500. The second-order valence-electron chi connectivity index (χ2n) is 5.32. The van der Waals surface area contributed by atoms with Crippen LogP contribution in [0.4, 0.5) is 10.5 Å². The van der Waals surface area contributed by atoms with E-state index in [0.29, 0.717) is 23.6 Å². The fourth-order valence-corrected chi connectivity index (χ4v) is 1.90. The normalized spacial score (nSPS) is 11.7. The summed E-state index contributed by atoms with van der Waals surface area (Å²) in [6.07, 6.45) is -0.0741. The molecule has 0 aromatic heterocycles. The predicted octanol–water partition coefficient (Wildman–Crippen LogP) is 2.42.